The monoisotopic (exact) mass is 357 g/mol. The Kier molecular flexibility index (Phi) is 5.68. The van der Waals surface area contributed by atoms with E-state index in [-0.39, 0.29) is 25.0 Å². The molecule has 0 bridgehead atoms. The molecule has 1 saturated heterocycles. The zero-order chi connectivity index (χ0) is 18.5. The minimum atomic E-state index is -0.798. The Morgan fingerprint density at radius 3 is 2.85 bits per heavy atom. The number of aromatic nitrogens is 1. The number of ether oxygens (including phenoxy) is 1. The van der Waals surface area contributed by atoms with Gasteiger partial charge >= 0.3 is 0 Å². The number of rotatable bonds is 6. The second-order valence-corrected chi connectivity index (χ2v) is 6.79. The Morgan fingerprint density at radius 1 is 1.35 bits per heavy atom. The highest BCUT2D eigenvalue weighted by Crippen LogP contribution is 2.22. The predicted octanol–water partition coefficient (Wildman–Crippen LogP) is 1.75. The molecule has 1 aromatic carbocycles. The number of nitrogens with zero attached hydrogens (tertiary/aromatic N) is 1. The molecule has 2 atom stereocenters. The highest BCUT2D eigenvalue weighted by molar-refractivity contribution is 5.86. The number of carbonyl (C=O) groups is 2. The molecular weight excluding hydrogens is 334 g/mol. The van der Waals surface area contributed by atoms with E-state index in [9.17, 15) is 9.59 Å². The zero-order valence-corrected chi connectivity index (χ0v) is 14.9. The number of hydrogen-bond acceptors (Lipinski definition) is 5. The maximum absolute atomic E-state index is 12.6. The Labute approximate surface area is 152 Å². The quantitative estimate of drug-likeness (QED) is 0.821. The first kappa shape index (κ1) is 18.1. The predicted molar refractivity (Wildman–Crippen MR) is 94.0 cm³/mol. The zero-order valence-electron chi connectivity index (χ0n) is 14.9. The van der Waals surface area contributed by atoms with Crippen molar-refractivity contribution in [2.75, 3.05) is 6.61 Å². The van der Waals surface area contributed by atoms with Crippen LogP contribution in [0.3, 0.4) is 0 Å². The fourth-order valence-electron chi connectivity index (χ4n) is 2.93. The van der Waals surface area contributed by atoms with Gasteiger partial charge in [0, 0.05) is 6.07 Å². The molecule has 2 heterocycles. The first-order valence-electron chi connectivity index (χ1n) is 8.71. The van der Waals surface area contributed by atoms with Gasteiger partial charge in [-0.2, -0.15) is 0 Å². The van der Waals surface area contributed by atoms with Gasteiger partial charge in [-0.3, -0.25) is 9.59 Å². The summed E-state index contributed by atoms with van der Waals surface area (Å²) in [5.41, 5.74) is 1.69. The van der Waals surface area contributed by atoms with Gasteiger partial charge in [-0.1, -0.05) is 49.3 Å². The molecule has 2 aromatic rings. The van der Waals surface area contributed by atoms with E-state index >= 15 is 0 Å². The van der Waals surface area contributed by atoms with Crippen molar-refractivity contribution in [3.05, 3.63) is 53.4 Å². The van der Waals surface area contributed by atoms with Crippen LogP contribution in [0, 0.1) is 5.92 Å². The first-order valence-corrected chi connectivity index (χ1v) is 8.71. The minimum absolute atomic E-state index is 0.137. The molecule has 1 aromatic heterocycles. The van der Waals surface area contributed by atoms with Crippen molar-refractivity contribution in [1.82, 2.24) is 15.8 Å². The number of carbonyl (C=O) groups excluding carboxylic acids is 2. The lowest BCUT2D eigenvalue weighted by atomic mass is 9.99. The molecule has 0 unspecified atom stereocenters. The summed E-state index contributed by atoms with van der Waals surface area (Å²) in [6, 6.07) is 10.6. The van der Waals surface area contributed by atoms with E-state index in [2.05, 4.69) is 29.6 Å². The first-order chi connectivity index (χ1) is 12.5. The molecule has 0 saturated carbocycles. The van der Waals surface area contributed by atoms with Crippen LogP contribution >= 0.6 is 0 Å². The Bertz CT molecular complexity index is 757. The van der Waals surface area contributed by atoms with Gasteiger partial charge in [0.1, 0.15) is 6.61 Å². The lowest BCUT2D eigenvalue weighted by molar-refractivity contribution is -0.148. The van der Waals surface area contributed by atoms with Crippen molar-refractivity contribution >= 4 is 11.8 Å². The van der Waals surface area contributed by atoms with Gasteiger partial charge < -0.3 is 19.9 Å². The normalized spacial score (nSPS) is 20.0. The van der Waals surface area contributed by atoms with Crippen LogP contribution in [0.15, 0.2) is 40.9 Å². The maximum Gasteiger partial charge on any atom is 0.252 e. The van der Waals surface area contributed by atoms with Crippen molar-refractivity contribution in [3.8, 4) is 0 Å². The summed E-state index contributed by atoms with van der Waals surface area (Å²) < 4.78 is 10.8. The summed E-state index contributed by atoms with van der Waals surface area (Å²) in [5.74, 6) is 0.524. The Balaban J connectivity index is 1.63. The molecule has 3 rings (SSSR count). The summed E-state index contributed by atoms with van der Waals surface area (Å²) in [6.45, 7) is 4.30. The van der Waals surface area contributed by atoms with E-state index < -0.39 is 12.1 Å². The van der Waals surface area contributed by atoms with Crippen molar-refractivity contribution < 1.29 is 18.8 Å². The van der Waals surface area contributed by atoms with E-state index in [0.717, 1.165) is 17.7 Å². The van der Waals surface area contributed by atoms with Gasteiger partial charge in [-0.25, -0.2) is 0 Å². The highest BCUT2D eigenvalue weighted by atomic mass is 16.5. The van der Waals surface area contributed by atoms with E-state index in [1.54, 1.807) is 0 Å². The summed E-state index contributed by atoms with van der Waals surface area (Å²) >= 11 is 0. The van der Waals surface area contributed by atoms with Crippen LogP contribution in [0.4, 0.5) is 0 Å². The van der Waals surface area contributed by atoms with Crippen LogP contribution < -0.4 is 10.6 Å². The number of nitrogens with one attached hydrogen (secondary N) is 2. The SMILES string of the molecule is CC(C)Cc1cc(CNC(=O)[C@H]2OCC(=O)N[C@@H]2c2ccccc2)on1. The molecule has 1 aliphatic heterocycles. The number of benzene rings is 1. The average Bonchev–Trinajstić information content (AvgIpc) is 3.07. The highest BCUT2D eigenvalue weighted by Gasteiger charge is 2.35. The van der Waals surface area contributed by atoms with E-state index in [1.165, 1.54) is 0 Å². The molecule has 0 spiro atoms. The van der Waals surface area contributed by atoms with Crippen LogP contribution in [0.5, 0.6) is 0 Å². The van der Waals surface area contributed by atoms with E-state index in [4.69, 9.17) is 9.26 Å². The topological polar surface area (TPSA) is 93.5 Å². The largest absolute Gasteiger partial charge is 0.359 e. The average molecular weight is 357 g/mol. The third-order valence-electron chi connectivity index (χ3n) is 4.09. The smallest absolute Gasteiger partial charge is 0.252 e. The summed E-state index contributed by atoms with van der Waals surface area (Å²) in [6.07, 6.45) is 0.0267. The van der Waals surface area contributed by atoms with Crippen LogP contribution in [-0.2, 0) is 27.3 Å². The van der Waals surface area contributed by atoms with Crippen LogP contribution in [0.1, 0.15) is 36.9 Å². The molecule has 0 radical (unpaired) electrons. The fourth-order valence-corrected chi connectivity index (χ4v) is 2.93. The van der Waals surface area contributed by atoms with Gasteiger partial charge in [-0.05, 0) is 17.9 Å². The minimum Gasteiger partial charge on any atom is -0.359 e. The van der Waals surface area contributed by atoms with Crippen LogP contribution in [0.25, 0.3) is 0 Å². The molecule has 1 fully saturated rings. The second-order valence-electron chi connectivity index (χ2n) is 6.79. The molecule has 1 aliphatic rings. The molecule has 138 valence electrons. The van der Waals surface area contributed by atoms with Crippen molar-refractivity contribution in [2.24, 2.45) is 5.92 Å². The van der Waals surface area contributed by atoms with Crippen LogP contribution in [-0.4, -0.2) is 29.7 Å². The third-order valence-corrected chi connectivity index (χ3v) is 4.09. The molecule has 0 aliphatic carbocycles. The third kappa shape index (κ3) is 4.49. The molecular formula is C19H23N3O4. The summed E-state index contributed by atoms with van der Waals surface area (Å²) in [5, 5.41) is 9.63. The molecule has 26 heavy (non-hydrogen) atoms. The van der Waals surface area contributed by atoms with Gasteiger partial charge in [0.15, 0.2) is 11.9 Å². The second kappa shape index (κ2) is 8.14. The lowest BCUT2D eigenvalue weighted by Gasteiger charge is -2.31. The van der Waals surface area contributed by atoms with E-state index in [0.29, 0.717) is 11.7 Å². The van der Waals surface area contributed by atoms with Crippen LogP contribution in [0.2, 0.25) is 0 Å². The Hall–Kier alpha value is -2.67. The van der Waals surface area contributed by atoms with Crippen molar-refractivity contribution in [2.45, 2.75) is 39.0 Å². The van der Waals surface area contributed by atoms with Gasteiger partial charge in [0.25, 0.3) is 5.91 Å². The fraction of sp³-hybridized carbons (Fsp3) is 0.421. The summed E-state index contributed by atoms with van der Waals surface area (Å²) in [4.78, 5) is 24.3. The number of morpholine rings is 1. The lowest BCUT2D eigenvalue weighted by Crippen LogP contribution is -2.52. The number of amides is 2. The molecule has 7 heteroatoms. The van der Waals surface area contributed by atoms with Gasteiger partial charge in [0.2, 0.25) is 5.91 Å². The molecule has 7 nitrogen and oxygen atoms in total. The molecule has 2 amide bonds. The standard InChI is InChI=1S/C19H23N3O4/c1-12(2)8-14-9-15(26-22-14)10-20-19(24)18-17(21-16(23)11-25-18)13-6-4-3-5-7-13/h3-7,9,12,17-18H,8,10-11H2,1-2H3,(H,20,24)(H,21,23)/t17-,18+/m1/s1. The maximum atomic E-state index is 12.6. The van der Waals surface area contributed by atoms with Gasteiger partial charge in [0.05, 0.1) is 18.3 Å². The Morgan fingerprint density at radius 2 is 2.12 bits per heavy atom. The van der Waals surface area contributed by atoms with Crippen molar-refractivity contribution in [1.29, 1.82) is 0 Å². The van der Waals surface area contributed by atoms with Crippen molar-refractivity contribution in [3.63, 3.8) is 0 Å². The van der Waals surface area contributed by atoms with Gasteiger partial charge in [-0.15, -0.1) is 0 Å². The number of hydrogen-bond donors (Lipinski definition) is 2. The molecule has 2 N–H and O–H groups in total. The van der Waals surface area contributed by atoms with E-state index in [1.807, 2.05) is 36.4 Å². The summed E-state index contributed by atoms with van der Waals surface area (Å²) in [7, 11) is 0.